The summed E-state index contributed by atoms with van der Waals surface area (Å²) in [5, 5.41) is 3.55. The van der Waals surface area contributed by atoms with Crippen molar-refractivity contribution in [1.82, 2.24) is 14.9 Å². The number of hydrogen-bond acceptors (Lipinski definition) is 5. The summed E-state index contributed by atoms with van der Waals surface area (Å²) in [7, 11) is 0. The molecule has 1 aromatic carbocycles. The van der Waals surface area contributed by atoms with Gasteiger partial charge in [0.1, 0.15) is 5.82 Å². The zero-order valence-corrected chi connectivity index (χ0v) is 17.4. The molecule has 4 N–H and O–H groups in total. The first-order valence-electron chi connectivity index (χ1n) is 10.5. The van der Waals surface area contributed by atoms with Crippen LogP contribution >= 0.6 is 0 Å². The lowest BCUT2D eigenvalue weighted by Crippen LogP contribution is -2.44. The number of nitrogen functional groups attached to an aromatic ring is 1. The van der Waals surface area contributed by atoms with Gasteiger partial charge in [0, 0.05) is 18.1 Å². The fourth-order valence-corrected chi connectivity index (χ4v) is 4.09. The number of piperidine rings is 1. The van der Waals surface area contributed by atoms with Crippen molar-refractivity contribution < 1.29 is 9.59 Å². The summed E-state index contributed by atoms with van der Waals surface area (Å²) in [6.45, 7) is 2.46. The predicted octanol–water partition coefficient (Wildman–Crippen LogP) is 2.76. The number of aromatic amines is 1. The van der Waals surface area contributed by atoms with Gasteiger partial charge in [-0.05, 0) is 66.5 Å². The van der Waals surface area contributed by atoms with E-state index in [9.17, 15) is 14.4 Å². The number of aromatic nitrogens is 2. The molecule has 0 saturated carbocycles. The Hall–Kier alpha value is -3.68. The number of nitrogens with zero attached hydrogens (tertiary/aromatic N) is 2. The first-order chi connectivity index (χ1) is 15.0. The van der Waals surface area contributed by atoms with E-state index < -0.39 is 11.8 Å². The van der Waals surface area contributed by atoms with Gasteiger partial charge in [-0.3, -0.25) is 14.4 Å². The van der Waals surface area contributed by atoms with Crippen LogP contribution < -0.4 is 16.6 Å². The monoisotopic (exact) mass is 419 g/mol. The van der Waals surface area contributed by atoms with Gasteiger partial charge in [0.25, 0.3) is 0 Å². The molecule has 0 spiro atoms. The van der Waals surface area contributed by atoms with E-state index in [0.717, 1.165) is 41.3 Å². The van der Waals surface area contributed by atoms with Crippen LogP contribution in [0.25, 0.3) is 10.9 Å². The molecule has 0 radical (unpaired) electrons. The summed E-state index contributed by atoms with van der Waals surface area (Å²) < 4.78 is 0. The van der Waals surface area contributed by atoms with Gasteiger partial charge in [-0.15, -0.1) is 0 Å². The van der Waals surface area contributed by atoms with Crippen molar-refractivity contribution in [3.63, 3.8) is 0 Å². The lowest BCUT2D eigenvalue weighted by atomic mass is 9.94. The minimum absolute atomic E-state index is 0.158. The van der Waals surface area contributed by atoms with Crippen LogP contribution in [0.3, 0.4) is 0 Å². The van der Waals surface area contributed by atoms with E-state index in [4.69, 9.17) is 5.73 Å². The average Bonchev–Trinajstić information content (AvgIpc) is 2.79. The number of carbonyl (C=O) groups is 2. The van der Waals surface area contributed by atoms with E-state index in [-0.39, 0.29) is 11.6 Å². The number of fused-ring (bicyclic) bond motifs is 1. The summed E-state index contributed by atoms with van der Waals surface area (Å²) in [6, 6.07) is 10.5. The van der Waals surface area contributed by atoms with Crippen LogP contribution in [0.5, 0.6) is 0 Å². The van der Waals surface area contributed by atoms with E-state index >= 15 is 0 Å². The molecule has 0 aliphatic carbocycles. The van der Waals surface area contributed by atoms with Gasteiger partial charge in [-0.25, -0.2) is 4.98 Å². The fraction of sp³-hybridized carbons (Fsp3) is 0.304. The third kappa shape index (κ3) is 4.28. The van der Waals surface area contributed by atoms with Crippen molar-refractivity contribution >= 4 is 34.2 Å². The van der Waals surface area contributed by atoms with Crippen LogP contribution in [-0.2, 0) is 16.0 Å². The molecule has 1 aliphatic heterocycles. The molecule has 1 atom stereocenters. The predicted molar refractivity (Wildman–Crippen MR) is 120 cm³/mol. The van der Waals surface area contributed by atoms with Crippen LogP contribution in [0.4, 0.5) is 11.5 Å². The van der Waals surface area contributed by atoms with Gasteiger partial charge in [-0.1, -0.05) is 13.0 Å². The summed E-state index contributed by atoms with van der Waals surface area (Å²) in [5.74, 6) is -0.840. The number of likely N-dealkylation sites (tertiary alicyclic amines) is 1. The molecule has 3 aromatic rings. The lowest BCUT2D eigenvalue weighted by Gasteiger charge is -2.35. The molecule has 2 aromatic heterocycles. The Balaban J connectivity index is 1.56. The maximum absolute atomic E-state index is 13.0. The number of carbonyl (C=O) groups excluding carboxylic acids is 2. The summed E-state index contributed by atoms with van der Waals surface area (Å²) >= 11 is 0. The zero-order valence-electron chi connectivity index (χ0n) is 17.4. The molecule has 1 saturated heterocycles. The van der Waals surface area contributed by atoms with Crippen molar-refractivity contribution in [2.75, 3.05) is 17.6 Å². The molecule has 0 unspecified atom stereocenters. The van der Waals surface area contributed by atoms with Gasteiger partial charge in [-0.2, -0.15) is 0 Å². The van der Waals surface area contributed by atoms with Crippen LogP contribution in [0.2, 0.25) is 0 Å². The number of hydrogen-bond donors (Lipinski definition) is 3. The van der Waals surface area contributed by atoms with Crippen LogP contribution in [0.1, 0.15) is 43.4 Å². The Morgan fingerprint density at radius 3 is 2.87 bits per heavy atom. The first-order valence-corrected chi connectivity index (χ1v) is 10.5. The molecule has 1 fully saturated rings. The molecular formula is C23H25N5O3. The topological polar surface area (TPSA) is 121 Å². The number of aryl methyl sites for hydroxylation is 1. The highest BCUT2D eigenvalue weighted by Crippen LogP contribution is 2.32. The third-order valence-corrected chi connectivity index (χ3v) is 5.73. The highest BCUT2D eigenvalue weighted by atomic mass is 16.2. The van der Waals surface area contributed by atoms with E-state index in [0.29, 0.717) is 24.5 Å². The van der Waals surface area contributed by atoms with Gasteiger partial charge in [0.05, 0.1) is 17.9 Å². The number of benzene rings is 1. The van der Waals surface area contributed by atoms with Crippen molar-refractivity contribution in [2.24, 2.45) is 0 Å². The smallest absolute Gasteiger partial charge is 0.313 e. The molecule has 31 heavy (non-hydrogen) atoms. The Kier molecular flexibility index (Phi) is 5.70. The maximum Gasteiger partial charge on any atom is 0.313 e. The summed E-state index contributed by atoms with van der Waals surface area (Å²) in [6.07, 6.45) is 4.73. The number of pyridine rings is 2. The normalized spacial score (nSPS) is 16.3. The summed E-state index contributed by atoms with van der Waals surface area (Å²) in [4.78, 5) is 45.8. The SMILES string of the molecule is CCc1cc(NC(=O)C(=O)N2CCCC[C@H]2c2ccc3[nH]c(=O)ccc3c2)cnc1N. The number of amides is 2. The van der Waals surface area contributed by atoms with Gasteiger partial charge in [0.2, 0.25) is 5.56 Å². The molecular weight excluding hydrogens is 394 g/mol. The Morgan fingerprint density at radius 1 is 1.23 bits per heavy atom. The molecule has 2 amide bonds. The van der Waals surface area contributed by atoms with Crippen LogP contribution in [0, 0.1) is 0 Å². The van der Waals surface area contributed by atoms with Crippen molar-refractivity contribution in [2.45, 2.75) is 38.6 Å². The largest absolute Gasteiger partial charge is 0.383 e. The van der Waals surface area contributed by atoms with E-state index in [1.807, 2.05) is 25.1 Å². The molecule has 160 valence electrons. The second-order valence-electron chi connectivity index (χ2n) is 7.76. The Morgan fingerprint density at radius 2 is 2.06 bits per heavy atom. The molecule has 3 heterocycles. The highest BCUT2D eigenvalue weighted by Gasteiger charge is 2.32. The molecule has 8 heteroatoms. The molecule has 1 aliphatic rings. The van der Waals surface area contributed by atoms with Gasteiger partial charge < -0.3 is 20.9 Å². The number of rotatable bonds is 3. The fourth-order valence-electron chi connectivity index (χ4n) is 4.09. The van der Waals surface area contributed by atoms with Crippen molar-refractivity contribution in [1.29, 1.82) is 0 Å². The van der Waals surface area contributed by atoms with Crippen LogP contribution in [0.15, 0.2) is 47.4 Å². The standard InChI is InChI=1S/C23H25N5O3/c1-2-14-12-17(13-25-21(14)24)26-22(30)23(31)28-10-4-3-5-19(28)16-6-8-18-15(11-16)7-9-20(29)27-18/h6-9,11-13,19H,2-5,10H2,1H3,(H2,24,25)(H,26,30)(H,27,29)/t19-/m0/s1. The third-order valence-electron chi connectivity index (χ3n) is 5.73. The summed E-state index contributed by atoms with van der Waals surface area (Å²) in [5.41, 5.74) is 8.62. The number of nitrogens with one attached hydrogen (secondary N) is 2. The lowest BCUT2D eigenvalue weighted by molar-refractivity contribution is -0.145. The second-order valence-corrected chi connectivity index (χ2v) is 7.76. The number of H-pyrrole nitrogens is 1. The number of anilines is 2. The zero-order chi connectivity index (χ0) is 22.0. The first kappa shape index (κ1) is 20.6. The molecule has 8 nitrogen and oxygen atoms in total. The minimum atomic E-state index is -0.689. The average molecular weight is 419 g/mol. The van der Waals surface area contributed by atoms with Gasteiger partial charge >= 0.3 is 11.8 Å². The van der Waals surface area contributed by atoms with Crippen LogP contribution in [-0.4, -0.2) is 33.2 Å². The highest BCUT2D eigenvalue weighted by molar-refractivity contribution is 6.39. The molecule has 0 bridgehead atoms. The van der Waals surface area contributed by atoms with Crippen molar-refractivity contribution in [3.8, 4) is 0 Å². The van der Waals surface area contributed by atoms with Crippen molar-refractivity contribution in [3.05, 3.63) is 64.1 Å². The molecule has 4 rings (SSSR count). The van der Waals surface area contributed by atoms with Gasteiger partial charge in [0.15, 0.2) is 0 Å². The Bertz CT molecular complexity index is 1200. The van der Waals surface area contributed by atoms with E-state index in [2.05, 4.69) is 15.3 Å². The maximum atomic E-state index is 13.0. The second kappa shape index (κ2) is 8.59. The quantitative estimate of drug-likeness (QED) is 0.564. The van der Waals surface area contributed by atoms with E-state index in [1.165, 1.54) is 12.3 Å². The van der Waals surface area contributed by atoms with E-state index in [1.54, 1.807) is 17.0 Å². The minimum Gasteiger partial charge on any atom is -0.383 e. The Labute approximate surface area is 179 Å². The number of nitrogens with two attached hydrogens (primary N) is 1.